The van der Waals surface area contributed by atoms with E-state index in [0.29, 0.717) is 11.9 Å². The van der Waals surface area contributed by atoms with Crippen molar-refractivity contribution in [2.75, 3.05) is 19.6 Å². The molecule has 0 spiro atoms. The summed E-state index contributed by atoms with van der Waals surface area (Å²) in [5, 5.41) is 3.40. The number of hydrogen-bond donors (Lipinski definition) is 1. The maximum atomic E-state index is 5.57. The van der Waals surface area contributed by atoms with E-state index < -0.39 is 0 Å². The second-order valence-electron chi connectivity index (χ2n) is 5.03. The number of hydrogen-bond acceptors (Lipinski definition) is 4. The first-order valence-electron chi connectivity index (χ1n) is 6.77. The standard InChI is InChI=1S/C15H19N3O.ClH/c1-12-9-16-7-8-18(12)10-14-11-19-15(17-14)13-5-3-2-4-6-13;/h2-6,11-12,16H,7-10H2,1H3;1H/t12-;/m0./s1. The van der Waals surface area contributed by atoms with Gasteiger partial charge in [-0.3, -0.25) is 4.90 Å². The summed E-state index contributed by atoms with van der Waals surface area (Å²) in [6.45, 7) is 6.26. The highest BCUT2D eigenvalue weighted by atomic mass is 35.5. The maximum Gasteiger partial charge on any atom is 0.226 e. The highest BCUT2D eigenvalue weighted by Gasteiger charge is 2.19. The Bertz CT molecular complexity index is 529. The van der Waals surface area contributed by atoms with E-state index in [1.807, 2.05) is 30.3 Å². The van der Waals surface area contributed by atoms with Gasteiger partial charge in [-0.25, -0.2) is 4.98 Å². The molecular weight excluding hydrogens is 274 g/mol. The molecule has 1 N–H and O–H groups in total. The number of piperazine rings is 1. The van der Waals surface area contributed by atoms with Crippen molar-refractivity contribution in [1.29, 1.82) is 0 Å². The Hall–Kier alpha value is -1.36. The Labute approximate surface area is 125 Å². The lowest BCUT2D eigenvalue weighted by atomic mass is 10.2. The van der Waals surface area contributed by atoms with Crippen LogP contribution < -0.4 is 5.32 Å². The van der Waals surface area contributed by atoms with Crippen molar-refractivity contribution in [2.24, 2.45) is 0 Å². The summed E-state index contributed by atoms with van der Waals surface area (Å²) < 4.78 is 5.57. The average molecular weight is 294 g/mol. The zero-order valence-electron chi connectivity index (χ0n) is 11.6. The van der Waals surface area contributed by atoms with Crippen molar-refractivity contribution >= 4 is 12.4 Å². The van der Waals surface area contributed by atoms with Gasteiger partial charge in [-0.2, -0.15) is 0 Å². The van der Waals surface area contributed by atoms with Gasteiger partial charge in [-0.15, -0.1) is 12.4 Å². The van der Waals surface area contributed by atoms with Gasteiger partial charge in [-0.1, -0.05) is 18.2 Å². The molecule has 1 aromatic carbocycles. The minimum atomic E-state index is 0. The van der Waals surface area contributed by atoms with Crippen LogP contribution in [0.3, 0.4) is 0 Å². The van der Waals surface area contributed by atoms with Crippen LogP contribution in [0.5, 0.6) is 0 Å². The second kappa shape index (κ2) is 6.88. The van der Waals surface area contributed by atoms with Gasteiger partial charge in [0.1, 0.15) is 6.26 Å². The molecule has 1 fully saturated rings. The number of aromatic nitrogens is 1. The van der Waals surface area contributed by atoms with Gasteiger partial charge >= 0.3 is 0 Å². The summed E-state index contributed by atoms with van der Waals surface area (Å²) in [5.74, 6) is 0.707. The fraction of sp³-hybridized carbons (Fsp3) is 0.400. The molecule has 1 atom stereocenters. The smallest absolute Gasteiger partial charge is 0.226 e. The summed E-state index contributed by atoms with van der Waals surface area (Å²) >= 11 is 0. The minimum absolute atomic E-state index is 0. The van der Waals surface area contributed by atoms with E-state index in [1.54, 1.807) is 6.26 Å². The van der Waals surface area contributed by atoms with E-state index in [9.17, 15) is 0 Å². The molecule has 1 aromatic heterocycles. The fourth-order valence-corrected chi connectivity index (χ4v) is 2.42. The van der Waals surface area contributed by atoms with E-state index in [1.165, 1.54) is 0 Å². The number of rotatable bonds is 3. The predicted molar refractivity (Wildman–Crippen MR) is 81.9 cm³/mol. The van der Waals surface area contributed by atoms with Crippen molar-refractivity contribution in [3.63, 3.8) is 0 Å². The first-order chi connectivity index (χ1) is 9.33. The molecule has 0 saturated carbocycles. The molecular formula is C15H20ClN3O. The van der Waals surface area contributed by atoms with Gasteiger partial charge in [0.2, 0.25) is 5.89 Å². The van der Waals surface area contributed by atoms with Crippen molar-refractivity contribution in [3.05, 3.63) is 42.3 Å². The van der Waals surface area contributed by atoms with Gasteiger partial charge in [0.25, 0.3) is 0 Å². The first kappa shape index (κ1) is 15.0. The third-order valence-electron chi connectivity index (χ3n) is 3.58. The van der Waals surface area contributed by atoms with Gasteiger partial charge in [0.05, 0.1) is 5.69 Å². The summed E-state index contributed by atoms with van der Waals surface area (Å²) in [6.07, 6.45) is 1.77. The number of halogens is 1. The zero-order valence-corrected chi connectivity index (χ0v) is 12.4. The van der Waals surface area contributed by atoms with Crippen LogP contribution in [0.4, 0.5) is 0 Å². The SMILES string of the molecule is C[C@H]1CNCCN1Cc1coc(-c2ccccc2)n1.Cl. The van der Waals surface area contributed by atoms with E-state index in [4.69, 9.17) is 4.42 Å². The molecule has 0 radical (unpaired) electrons. The molecule has 1 aliphatic rings. The summed E-state index contributed by atoms with van der Waals surface area (Å²) in [5.41, 5.74) is 2.04. The highest BCUT2D eigenvalue weighted by molar-refractivity contribution is 5.85. The van der Waals surface area contributed by atoms with Gasteiger partial charge in [0.15, 0.2) is 0 Å². The lowest BCUT2D eigenvalue weighted by molar-refractivity contribution is 0.163. The minimum Gasteiger partial charge on any atom is -0.444 e. The molecule has 0 amide bonds. The molecule has 3 rings (SSSR count). The Morgan fingerprint density at radius 1 is 1.35 bits per heavy atom. The Morgan fingerprint density at radius 2 is 2.15 bits per heavy atom. The molecule has 108 valence electrons. The van der Waals surface area contributed by atoms with Gasteiger partial charge in [-0.05, 0) is 19.1 Å². The number of nitrogens with one attached hydrogen (secondary N) is 1. The number of oxazole rings is 1. The van der Waals surface area contributed by atoms with Crippen LogP contribution in [0.15, 0.2) is 41.0 Å². The normalized spacial score (nSPS) is 19.6. The third-order valence-corrected chi connectivity index (χ3v) is 3.58. The van der Waals surface area contributed by atoms with Crippen LogP contribution in [-0.4, -0.2) is 35.6 Å². The summed E-state index contributed by atoms with van der Waals surface area (Å²) in [7, 11) is 0. The van der Waals surface area contributed by atoms with Crippen molar-refractivity contribution in [1.82, 2.24) is 15.2 Å². The third kappa shape index (κ3) is 3.39. The topological polar surface area (TPSA) is 41.3 Å². The summed E-state index contributed by atoms with van der Waals surface area (Å²) in [6, 6.07) is 10.6. The van der Waals surface area contributed by atoms with Crippen LogP contribution in [0.1, 0.15) is 12.6 Å². The van der Waals surface area contributed by atoms with Gasteiger partial charge in [0, 0.05) is 37.8 Å². The fourth-order valence-electron chi connectivity index (χ4n) is 2.42. The van der Waals surface area contributed by atoms with Gasteiger partial charge < -0.3 is 9.73 Å². The summed E-state index contributed by atoms with van der Waals surface area (Å²) in [4.78, 5) is 7.01. The first-order valence-corrected chi connectivity index (χ1v) is 6.77. The van der Waals surface area contributed by atoms with E-state index in [0.717, 1.165) is 37.4 Å². The molecule has 4 nitrogen and oxygen atoms in total. The lowest BCUT2D eigenvalue weighted by Gasteiger charge is -2.33. The average Bonchev–Trinajstić information content (AvgIpc) is 2.91. The second-order valence-corrected chi connectivity index (χ2v) is 5.03. The van der Waals surface area contributed by atoms with Crippen LogP contribution in [0.25, 0.3) is 11.5 Å². The number of benzene rings is 1. The van der Waals surface area contributed by atoms with Crippen molar-refractivity contribution < 1.29 is 4.42 Å². The molecule has 0 unspecified atom stereocenters. The molecule has 5 heteroatoms. The number of nitrogens with zero attached hydrogens (tertiary/aromatic N) is 2. The van der Waals surface area contributed by atoms with Crippen LogP contribution in [-0.2, 0) is 6.54 Å². The van der Waals surface area contributed by atoms with Crippen LogP contribution >= 0.6 is 12.4 Å². The quantitative estimate of drug-likeness (QED) is 0.944. The van der Waals surface area contributed by atoms with Crippen LogP contribution in [0, 0.1) is 0 Å². The van der Waals surface area contributed by atoms with Crippen molar-refractivity contribution in [3.8, 4) is 11.5 Å². The highest BCUT2D eigenvalue weighted by Crippen LogP contribution is 2.19. The van der Waals surface area contributed by atoms with E-state index >= 15 is 0 Å². The lowest BCUT2D eigenvalue weighted by Crippen LogP contribution is -2.49. The monoisotopic (exact) mass is 293 g/mol. The van der Waals surface area contributed by atoms with Crippen LogP contribution in [0.2, 0.25) is 0 Å². The molecule has 2 aromatic rings. The van der Waals surface area contributed by atoms with E-state index in [-0.39, 0.29) is 12.4 Å². The maximum absolute atomic E-state index is 5.57. The molecule has 0 bridgehead atoms. The molecule has 1 saturated heterocycles. The van der Waals surface area contributed by atoms with Crippen molar-refractivity contribution in [2.45, 2.75) is 19.5 Å². The Kier molecular flexibility index (Phi) is 5.17. The molecule has 0 aliphatic carbocycles. The Morgan fingerprint density at radius 3 is 2.90 bits per heavy atom. The predicted octanol–water partition coefficient (Wildman–Crippen LogP) is 2.56. The molecule has 2 heterocycles. The molecule has 1 aliphatic heterocycles. The van der Waals surface area contributed by atoms with E-state index in [2.05, 4.69) is 22.1 Å². The zero-order chi connectivity index (χ0) is 13.1. The largest absolute Gasteiger partial charge is 0.444 e. The molecule has 20 heavy (non-hydrogen) atoms. The Balaban J connectivity index is 0.00000147.